The fraction of sp³-hybridized carbons (Fsp3) is 0.429. The van der Waals surface area contributed by atoms with Crippen LogP contribution in [0.15, 0.2) is 12.1 Å². The lowest BCUT2D eigenvalue weighted by Crippen LogP contribution is -2.34. The third kappa shape index (κ3) is 2.24. The molecule has 3 N–H and O–H groups in total. The molecule has 1 aromatic carbocycles. The summed E-state index contributed by atoms with van der Waals surface area (Å²) in [7, 11) is -4.00. The number of fused-ring (bicyclic) bond motifs is 3. The van der Waals surface area contributed by atoms with E-state index >= 15 is 0 Å². The smallest absolute Gasteiger partial charge is 0.266 e. The molecule has 0 saturated heterocycles. The maximum absolute atomic E-state index is 11.1. The van der Waals surface area contributed by atoms with Gasteiger partial charge >= 0.3 is 0 Å². The Balaban J connectivity index is 2.18. The van der Waals surface area contributed by atoms with E-state index < -0.39 is 10.1 Å². The molecule has 0 saturated carbocycles. The number of nitrogens with one attached hydrogen (secondary N) is 2. The van der Waals surface area contributed by atoms with Gasteiger partial charge in [0.1, 0.15) is 0 Å². The molecule has 5 nitrogen and oxygen atoms in total. The summed E-state index contributed by atoms with van der Waals surface area (Å²) in [6, 6.07) is 3.71. The van der Waals surface area contributed by atoms with Gasteiger partial charge < -0.3 is 10.3 Å². The molecule has 0 bridgehead atoms. The monoisotopic (exact) mass is 294 g/mol. The molecule has 20 heavy (non-hydrogen) atoms. The molecule has 2 aromatic rings. The van der Waals surface area contributed by atoms with E-state index in [1.54, 1.807) is 0 Å². The summed E-state index contributed by atoms with van der Waals surface area (Å²) >= 11 is 0. The Bertz CT molecular complexity index is 777. The Labute approximate surface area is 118 Å². The molecule has 1 aromatic heterocycles. The molecular formula is C14H18N2O3S. The molecule has 0 amide bonds. The number of H-pyrrole nitrogens is 1. The van der Waals surface area contributed by atoms with Crippen LogP contribution in [-0.4, -0.2) is 30.3 Å². The highest BCUT2D eigenvalue weighted by Gasteiger charge is 2.28. The van der Waals surface area contributed by atoms with Crippen molar-refractivity contribution in [2.75, 3.05) is 12.3 Å². The highest BCUT2D eigenvalue weighted by Crippen LogP contribution is 2.33. The molecule has 1 aliphatic rings. The van der Waals surface area contributed by atoms with Crippen LogP contribution in [0.4, 0.5) is 0 Å². The second kappa shape index (κ2) is 4.58. The minimum atomic E-state index is -4.00. The number of hydrogen-bond acceptors (Lipinski definition) is 3. The van der Waals surface area contributed by atoms with Crippen LogP contribution in [0.1, 0.15) is 28.4 Å². The van der Waals surface area contributed by atoms with Gasteiger partial charge in [0.05, 0.1) is 11.8 Å². The van der Waals surface area contributed by atoms with Crippen LogP contribution in [-0.2, 0) is 16.5 Å². The molecule has 0 spiro atoms. The van der Waals surface area contributed by atoms with Crippen LogP contribution in [0.3, 0.4) is 0 Å². The maximum atomic E-state index is 11.1. The largest absolute Gasteiger partial charge is 0.357 e. The van der Waals surface area contributed by atoms with Gasteiger partial charge in [-0.25, -0.2) is 0 Å². The van der Waals surface area contributed by atoms with Crippen LogP contribution < -0.4 is 5.32 Å². The highest BCUT2D eigenvalue weighted by molar-refractivity contribution is 7.85. The van der Waals surface area contributed by atoms with E-state index in [-0.39, 0.29) is 11.8 Å². The van der Waals surface area contributed by atoms with Crippen LogP contribution in [0.2, 0.25) is 0 Å². The molecule has 108 valence electrons. The lowest BCUT2D eigenvalue weighted by molar-refractivity contribution is 0.459. The van der Waals surface area contributed by atoms with Crippen molar-refractivity contribution in [2.45, 2.75) is 26.3 Å². The number of aromatic nitrogens is 1. The predicted molar refractivity (Wildman–Crippen MR) is 78.6 cm³/mol. The topological polar surface area (TPSA) is 82.2 Å². The third-order valence-electron chi connectivity index (χ3n) is 4.12. The molecule has 0 aliphatic carbocycles. The van der Waals surface area contributed by atoms with E-state index in [1.807, 2.05) is 6.07 Å². The Hall–Kier alpha value is -1.37. The van der Waals surface area contributed by atoms with E-state index in [0.717, 1.165) is 17.6 Å². The SMILES string of the molecule is Cc1ccc2[nH]c3c(c2c1C)CCNC3CS(=O)(=O)O. The van der Waals surface area contributed by atoms with Crippen molar-refractivity contribution in [3.8, 4) is 0 Å². The number of rotatable bonds is 2. The zero-order chi connectivity index (χ0) is 14.5. The summed E-state index contributed by atoms with van der Waals surface area (Å²) in [5, 5.41) is 4.35. The van der Waals surface area contributed by atoms with Crippen LogP contribution in [0, 0.1) is 13.8 Å². The van der Waals surface area contributed by atoms with Crippen molar-refractivity contribution in [1.82, 2.24) is 10.3 Å². The minimum absolute atomic E-state index is 0.301. The second-order valence-corrected chi connectivity index (χ2v) is 6.95. The quantitative estimate of drug-likeness (QED) is 0.738. The van der Waals surface area contributed by atoms with Crippen molar-refractivity contribution >= 4 is 21.0 Å². The Morgan fingerprint density at radius 1 is 1.35 bits per heavy atom. The number of benzene rings is 1. The fourth-order valence-corrected chi connectivity index (χ4v) is 3.75. The Kier molecular flexibility index (Phi) is 3.12. The van der Waals surface area contributed by atoms with Gasteiger partial charge in [-0.15, -0.1) is 0 Å². The van der Waals surface area contributed by atoms with Crippen LogP contribution in [0.25, 0.3) is 10.9 Å². The predicted octanol–water partition coefficient (Wildman–Crippen LogP) is 1.86. The van der Waals surface area contributed by atoms with Crippen molar-refractivity contribution in [3.05, 3.63) is 34.5 Å². The van der Waals surface area contributed by atoms with Crippen LogP contribution in [0.5, 0.6) is 0 Å². The first kappa shape index (κ1) is 13.6. The van der Waals surface area contributed by atoms with E-state index in [0.29, 0.717) is 6.54 Å². The van der Waals surface area contributed by atoms with Gasteiger partial charge in [-0.3, -0.25) is 4.55 Å². The molecule has 1 aliphatic heterocycles. The van der Waals surface area contributed by atoms with E-state index in [2.05, 4.69) is 30.2 Å². The summed E-state index contributed by atoms with van der Waals surface area (Å²) in [5.74, 6) is -0.301. The Morgan fingerprint density at radius 2 is 2.10 bits per heavy atom. The number of aryl methyl sites for hydroxylation is 2. The first-order chi connectivity index (χ1) is 9.37. The summed E-state index contributed by atoms with van der Waals surface area (Å²) in [4.78, 5) is 3.32. The van der Waals surface area contributed by atoms with Crippen molar-refractivity contribution in [2.24, 2.45) is 0 Å². The van der Waals surface area contributed by atoms with Crippen molar-refractivity contribution in [1.29, 1.82) is 0 Å². The zero-order valence-electron chi connectivity index (χ0n) is 11.5. The van der Waals surface area contributed by atoms with Gasteiger partial charge in [0.15, 0.2) is 0 Å². The first-order valence-electron chi connectivity index (χ1n) is 6.66. The van der Waals surface area contributed by atoms with E-state index in [9.17, 15) is 8.42 Å². The second-order valence-electron chi connectivity index (χ2n) is 5.45. The van der Waals surface area contributed by atoms with Gasteiger partial charge in [0.2, 0.25) is 0 Å². The lowest BCUT2D eigenvalue weighted by Gasteiger charge is -2.23. The first-order valence-corrected chi connectivity index (χ1v) is 8.27. The molecule has 3 rings (SSSR count). The molecule has 0 fully saturated rings. The van der Waals surface area contributed by atoms with Gasteiger partial charge in [0, 0.05) is 16.6 Å². The summed E-state index contributed by atoms with van der Waals surface area (Å²) in [6.07, 6.45) is 0.863. The van der Waals surface area contributed by atoms with E-state index in [1.165, 1.54) is 22.1 Å². The van der Waals surface area contributed by atoms with Gasteiger partial charge in [0.25, 0.3) is 10.1 Å². The molecule has 6 heteroatoms. The summed E-state index contributed by atoms with van der Waals surface area (Å²) < 4.78 is 31.4. The van der Waals surface area contributed by atoms with Crippen LogP contribution >= 0.6 is 0 Å². The van der Waals surface area contributed by atoms with Gasteiger partial charge in [-0.1, -0.05) is 6.07 Å². The normalized spacial score (nSPS) is 19.2. The highest BCUT2D eigenvalue weighted by atomic mass is 32.2. The molecule has 1 atom stereocenters. The van der Waals surface area contributed by atoms with Gasteiger partial charge in [-0.05, 0) is 49.6 Å². The van der Waals surface area contributed by atoms with Crippen molar-refractivity contribution < 1.29 is 13.0 Å². The minimum Gasteiger partial charge on any atom is -0.357 e. The molecule has 0 radical (unpaired) electrons. The number of aromatic amines is 1. The average Bonchev–Trinajstić information content (AvgIpc) is 2.72. The molecule has 2 heterocycles. The number of hydrogen-bond donors (Lipinski definition) is 3. The summed E-state index contributed by atoms with van der Waals surface area (Å²) in [6.45, 7) is 4.88. The lowest BCUT2D eigenvalue weighted by atomic mass is 9.96. The fourth-order valence-electron chi connectivity index (χ4n) is 3.05. The average molecular weight is 294 g/mol. The zero-order valence-corrected chi connectivity index (χ0v) is 12.3. The third-order valence-corrected chi connectivity index (χ3v) is 4.88. The standard InChI is InChI=1S/C14H18N2O3S/c1-8-3-4-11-13(9(8)2)10-5-6-15-12(14(10)16-11)7-20(17,18)19/h3-4,12,15-16H,5-7H2,1-2H3,(H,17,18,19). The van der Waals surface area contributed by atoms with E-state index in [4.69, 9.17) is 4.55 Å². The Morgan fingerprint density at radius 3 is 2.80 bits per heavy atom. The molecular weight excluding hydrogens is 276 g/mol. The maximum Gasteiger partial charge on any atom is 0.266 e. The summed E-state index contributed by atoms with van der Waals surface area (Å²) in [5.41, 5.74) is 5.55. The van der Waals surface area contributed by atoms with Crippen molar-refractivity contribution in [3.63, 3.8) is 0 Å². The van der Waals surface area contributed by atoms with Gasteiger partial charge in [-0.2, -0.15) is 8.42 Å². The molecule has 1 unspecified atom stereocenters.